The van der Waals surface area contributed by atoms with E-state index in [-0.39, 0.29) is 5.91 Å². The molecule has 1 aromatic heterocycles. The van der Waals surface area contributed by atoms with E-state index >= 15 is 0 Å². The molecule has 164 valence electrons. The molecule has 0 atom stereocenters. The fourth-order valence-electron chi connectivity index (χ4n) is 4.58. The number of ether oxygens (including phenoxy) is 3. The molecule has 1 aliphatic rings. The number of fused-ring (bicyclic) bond motifs is 1. The standard InChI is InChI=1S/C25H30N2O4/c1-29-19-8-9-22-20(15-19)21(16-26-22)17-11-13-27(14-12-17)24(28)10-7-18-5-4-6-23(30-2)25(18)31-3/h4-6,8-9,15-17,26H,7,10-14H2,1-3H3. The Morgan fingerprint density at radius 2 is 1.87 bits per heavy atom. The number of amides is 1. The first kappa shape index (κ1) is 21.1. The summed E-state index contributed by atoms with van der Waals surface area (Å²) in [5.41, 5.74) is 3.45. The number of carbonyl (C=O) groups is 1. The summed E-state index contributed by atoms with van der Waals surface area (Å²) in [4.78, 5) is 18.2. The van der Waals surface area contributed by atoms with E-state index in [4.69, 9.17) is 14.2 Å². The third-order valence-electron chi connectivity index (χ3n) is 6.30. The van der Waals surface area contributed by atoms with E-state index in [2.05, 4.69) is 23.3 Å². The molecule has 0 saturated carbocycles. The number of H-pyrrole nitrogens is 1. The van der Waals surface area contributed by atoms with Gasteiger partial charge in [-0.2, -0.15) is 0 Å². The molecule has 1 aliphatic heterocycles. The predicted octanol–water partition coefficient (Wildman–Crippen LogP) is 4.53. The zero-order valence-corrected chi connectivity index (χ0v) is 18.4. The lowest BCUT2D eigenvalue weighted by Gasteiger charge is -2.32. The molecule has 3 aromatic rings. The van der Waals surface area contributed by atoms with Crippen LogP contribution in [0.1, 0.15) is 36.3 Å². The van der Waals surface area contributed by atoms with Crippen molar-refractivity contribution in [3.05, 3.63) is 53.7 Å². The average Bonchev–Trinajstić information content (AvgIpc) is 3.25. The molecule has 0 spiro atoms. The van der Waals surface area contributed by atoms with Gasteiger partial charge in [0, 0.05) is 36.6 Å². The largest absolute Gasteiger partial charge is 0.497 e. The van der Waals surface area contributed by atoms with Crippen LogP contribution < -0.4 is 14.2 Å². The van der Waals surface area contributed by atoms with Gasteiger partial charge >= 0.3 is 0 Å². The topological polar surface area (TPSA) is 63.8 Å². The van der Waals surface area contributed by atoms with Gasteiger partial charge in [-0.05, 0) is 60.6 Å². The molecular weight excluding hydrogens is 392 g/mol. The number of rotatable bonds is 7. The summed E-state index contributed by atoms with van der Waals surface area (Å²) in [6.07, 6.45) is 5.16. The number of nitrogens with zero attached hydrogens (tertiary/aromatic N) is 1. The Bertz CT molecular complexity index is 1050. The van der Waals surface area contributed by atoms with Crippen LogP contribution in [0.3, 0.4) is 0 Å². The highest BCUT2D eigenvalue weighted by Crippen LogP contribution is 2.35. The highest BCUT2D eigenvalue weighted by Gasteiger charge is 2.25. The number of nitrogens with one attached hydrogen (secondary N) is 1. The third kappa shape index (κ3) is 4.33. The van der Waals surface area contributed by atoms with Crippen molar-refractivity contribution in [1.29, 1.82) is 0 Å². The second kappa shape index (κ2) is 9.33. The van der Waals surface area contributed by atoms with E-state index in [1.165, 1.54) is 10.9 Å². The number of hydrogen-bond acceptors (Lipinski definition) is 4. The number of likely N-dealkylation sites (tertiary alicyclic amines) is 1. The molecule has 0 unspecified atom stereocenters. The molecule has 0 aliphatic carbocycles. The number of piperidine rings is 1. The Labute approximate surface area is 183 Å². The SMILES string of the molecule is COc1ccc2[nH]cc(C3CCN(C(=O)CCc4cccc(OC)c4OC)CC3)c2c1. The van der Waals surface area contributed by atoms with Crippen molar-refractivity contribution < 1.29 is 19.0 Å². The number of aryl methyl sites for hydroxylation is 1. The van der Waals surface area contributed by atoms with Crippen LogP contribution in [0.15, 0.2) is 42.6 Å². The van der Waals surface area contributed by atoms with E-state index < -0.39 is 0 Å². The highest BCUT2D eigenvalue weighted by atomic mass is 16.5. The van der Waals surface area contributed by atoms with Crippen LogP contribution in [0, 0.1) is 0 Å². The van der Waals surface area contributed by atoms with Crippen molar-refractivity contribution in [2.24, 2.45) is 0 Å². The normalized spacial score (nSPS) is 14.6. The molecule has 31 heavy (non-hydrogen) atoms. The second-order valence-corrected chi connectivity index (χ2v) is 7.96. The van der Waals surface area contributed by atoms with Crippen molar-refractivity contribution in [3.63, 3.8) is 0 Å². The van der Waals surface area contributed by atoms with Crippen molar-refractivity contribution in [2.75, 3.05) is 34.4 Å². The summed E-state index contributed by atoms with van der Waals surface area (Å²) < 4.78 is 16.2. The fourth-order valence-corrected chi connectivity index (χ4v) is 4.58. The molecule has 1 N–H and O–H groups in total. The molecular formula is C25H30N2O4. The van der Waals surface area contributed by atoms with Crippen LogP contribution in [0.5, 0.6) is 17.2 Å². The van der Waals surface area contributed by atoms with Crippen LogP contribution in [0.4, 0.5) is 0 Å². The Morgan fingerprint density at radius 3 is 2.58 bits per heavy atom. The Balaban J connectivity index is 1.37. The first-order chi connectivity index (χ1) is 15.1. The molecule has 4 rings (SSSR count). The molecule has 6 nitrogen and oxygen atoms in total. The van der Waals surface area contributed by atoms with Gasteiger partial charge < -0.3 is 24.1 Å². The summed E-state index contributed by atoms with van der Waals surface area (Å²) in [6, 6.07) is 11.9. The van der Waals surface area contributed by atoms with Crippen LogP contribution in [-0.4, -0.2) is 50.2 Å². The number of para-hydroxylation sites is 1. The van der Waals surface area contributed by atoms with Crippen LogP contribution in [0.25, 0.3) is 10.9 Å². The second-order valence-electron chi connectivity index (χ2n) is 7.96. The smallest absolute Gasteiger partial charge is 0.222 e. The molecule has 1 amide bonds. The minimum Gasteiger partial charge on any atom is -0.497 e. The minimum absolute atomic E-state index is 0.198. The first-order valence-electron chi connectivity index (χ1n) is 10.8. The molecule has 0 bridgehead atoms. The lowest BCUT2D eigenvalue weighted by atomic mass is 9.89. The fraction of sp³-hybridized carbons (Fsp3) is 0.400. The van der Waals surface area contributed by atoms with E-state index in [1.54, 1.807) is 21.3 Å². The highest BCUT2D eigenvalue weighted by molar-refractivity contribution is 5.85. The van der Waals surface area contributed by atoms with Gasteiger partial charge in [0.05, 0.1) is 21.3 Å². The molecule has 6 heteroatoms. The summed E-state index contributed by atoms with van der Waals surface area (Å²) in [5.74, 6) is 2.93. The molecule has 2 aromatic carbocycles. The van der Waals surface area contributed by atoms with Crippen LogP contribution >= 0.6 is 0 Å². The van der Waals surface area contributed by atoms with E-state index in [0.29, 0.717) is 30.3 Å². The number of benzene rings is 2. The quantitative estimate of drug-likeness (QED) is 0.608. The van der Waals surface area contributed by atoms with Gasteiger partial charge in [-0.3, -0.25) is 4.79 Å². The van der Waals surface area contributed by atoms with Crippen LogP contribution in [-0.2, 0) is 11.2 Å². The van der Waals surface area contributed by atoms with E-state index in [1.807, 2.05) is 29.2 Å². The maximum atomic E-state index is 12.8. The van der Waals surface area contributed by atoms with E-state index in [9.17, 15) is 4.79 Å². The van der Waals surface area contributed by atoms with Crippen molar-refractivity contribution in [2.45, 2.75) is 31.6 Å². The van der Waals surface area contributed by atoms with Gasteiger partial charge in [-0.1, -0.05) is 12.1 Å². The predicted molar refractivity (Wildman–Crippen MR) is 121 cm³/mol. The first-order valence-corrected chi connectivity index (χ1v) is 10.8. The van der Waals surface area contributed by atoms with Crippen molar-refractivity contribution in [3.8, 4) is 17.2 Å². The van der Waals surface area contributed by atoms with Crippen molar-refractivity contribution in [1.82, 2.24) is 9.88 Å². The third-order valence-corrected chi connectivity index (χ3v) is 6.30. The summed E-state index contributed by atoms with van der Waals surface area (Å²) >= 11 is 0. The maximum Gasteiger partial charge on any atom is 0.222 e. The van der Waals surface area contributed by atoms with Gasteiger partial charge in [-0.25, -0.2) is 0 Å². The Morgan fingerprint density at radius 1 is 1.06 bits per heavy atom. The summed E-state index contributed by atoms with van der Waals surface area (Å²) in [5, 5.41) is 1.22. The van der Waals surface area contributed by atoms with E-state index in [0.717, 1.165) is 42.8 Å². The lowest BCUT2D eigenvalue weighted by molar-refractivity contribution is -0.132. The van der Waals surface area contributed by atoms with Crippen molar-refractivity contribution >= 4 is 16.8 Å². The average molecular weight is 423 g/mol. The molecule has 1 saturated heterocycles. The zero-order chi connectivity index (χ0) is 21.8. The van der Waals surface area contributed by atoms with Gasteiger partial charge in [0.2, 0.25) is 5.91 Å². The monoisotopic (exact) mass is 422 g/mol. The van der Waals surface area contributed by atoms with Gasteiger partial charge in [0.1, 0.15) is 5.75 Å². The zero-order valence-electron chi connectivity index (χ0n) is 18.4. The summed E-state index contributed by atoms with van der Waals surface area (Å²) in [7, 11) is 4.95. The molecule has 2 heterocycles. The number of carbonyl (C=O) groups excluding carboxylic acids is 1. The number of aromatic amines is 1. The Kier molecular flexibility index (Phi) is 6.35. The molecule has 0 radical (unpaired) electrons. The Hall–Kier alpha value is -3.15. The maximum absolute atomic E-state index is 12.8. The summed E-state index contributed by atoms with van der Waals surface area (Å²) in [6.45, 7) is 1.57. The minimum atomic E-state index is 0.198. The molecule has 1 fully saturated rings. The van der Waals surface area contributed by atoms with Gasteiger partial charge in [0.25, 0.3) is 0 Å². The number of methoxy groups -OCH3 is 3. The lowest BCUT2D eigenvalue weighted by Crippen LogP contribution is -2.38. The number of aromatic nitrogens is 1. The van der Waals surface area contributed by atoms with Gasteiger partial charge in [0.15, 0.2) is 11.5 Å². The van der Waals surface area contributed by atoms with Gasteiger partial charge in [-0.15, -0.1) is 0 Å². The number of hydrogen-bond donors (Lipinski definition) is 1. The van der Waals surface area contributed by atoms with Crippen LogP contribution in [0.2, 0.25) is 0 Å².